The maximum atomic E-state index is 12.2. The average molecular weight is 443 g/mol. The lowest BCUT2D eigenvalue weighted by Gasteiger charge is -2.38. The maximum absolute atomic E-state index is 12.2. The lowest BCUT2D eigenvalue weighted by molar-refractivity contribution is 0.0242. The number of nitrogens with zero attached hydrogens (tertiary/aromatic N) is 2. The fourth-order valence-corrected chi connectivity index (χ4v) is 4.84. The molecule has 0 bridgehead atoms. The standard InChI is InChI=1S/C25H31ClN2O3/c1-30-23-7-8-24(26)22(14-23)13-19-9-11-27(12-10-19)15-21-17-28(25(29)31-18-21)16-20-5-3-2-4-6-20/h2-8,14,19,21H,9-13,15-18H2,1H3. The molecule has 0 aromatic heterocycles. The van der Waals surface area contributed by atoms with Crippen LogP contribution in [0.3, 0.4) is 0 Å². The number of hydrogen-bond acceptors (Lipinski definition) is 4. The summed E-state index contributed by atoms with van der Waals surface area (Å²) in [6.07, 6.45) is 3.12. The fourth-order valence-electron chi connectivity index (χ4n) is 4.65. The number of halogens is 1. The van der Waals surface area contributed by atoms with Crippen LogP contribution in [-0.4, -0.2) is 55.8 Å². The monoisotopic (exact) mass is 442 g/mol. The van der Waals surface area contributed by atoms with Gasteiger partial charge in [-0.05, 0) is 67.6 Å². The van der Waals surface area contributed by atoms with E-state index < -0.39 is 0 Å². The first kappa shape index (κ1) is 22.0. The van der Waals surface area contributed by atoms with E-state index >= 15 is 0 Å². The highest BCUT2D eigenvalue weighted by atomic mass is 35.5. The predicted molar refractivity (Wildman–Crippen MR) is 123 cm³/mol. The van der Waals surface area contributed by atoms with Gasteiger partial charge in [-0.25, -0.2) is 4.79 Å². The molecule has 2 heterocycles. The number of methoxy groups -OCH3 is 1. The number of ether oxygens (including phenoxy) is 2. The summed E-state index contributed by atoms with van der Waals surface area (Å²) in [4.78, 5) is 16.6. The Morgan fingerprint density at radius 2 is 1.87 bits per heavy atom. The highest BCUT2D eigenvalue weighted by molar-refractivity contribution is 6.31. The van der Waals surface area contributed by atoms with Crippen molar-refractivity contribution in [1.29, 1.82) is 0 Å². The van der Waals surface area contributed by atoms with E-state index in [1.807, 2.05) is 35.2 Å². The van der Waals surface area contributed by atoms with Crippen molar-refractivity contribution in [2.45, 2.75) is 25.8 Å². The normalized spacial score (nSPS) is 20.5. The minimum atomic E-state index is -0.200. The third kappa shape index (κ3) is 5.92. The van der Waals surface area contributed by atoms with Crippen molar-refractivity contribution in [3.63, 3.8) is 0 Å². The first-order chi connectivity index (χ1) is 15.1. The van der Waals surface area contributed by atoms with Gasteiger partial charge in [0.05, 0.1) is 13.7 Å². The second kappa shape index (κ2) is 10.4. The van der Waals surface area contributed by atoms with E-state index in [4.69, 9.17) is 21.1 Å². The largest absolute Gasteiger partial charge is 0.497 e. The van der Waals surface area contributed by atoms with Crippen LogP contribution in [0, 0.1) is 11.8 Å². The minimum absolute atomic E-state index is 0.200. The molecule has 0 spiro atoms. The molecule has 0 N–H and O–H groups in total. The zero-order valence-corrected chi connectivity index (χ0v) is 18.9. The molecule has 2 aromatic rings. The zero-order valence-electron chi connectivity index (χ0n) is 18.1. The molecule has 166 valence electrons. The summed E-state index contributed by atoms with van der Waals surface area (Å²) >= 11 is 6.40. The van der Waals surface area contributed by atoms with Crippen LogP contribution >= 0.6 is 11.6 Å². The third-order valence-electron chi connectivity index (χ3n) is 6.38. The summed E-state index contributed by atoms with van der Waals surface area (Å²) in [7, 11) is 1.69. The van der Waals surface area contributed by atoms with Crippen molar-refractivity contribution in [2.75, 3.05) is 39.9 Å². The Morgan fingerprint density at radius 3 is 2.61 bits per heavy atom. The first-order valence-corrected chi connectivity index (χ1v) is 11.5. The number of cyclic esters (lactones) is 1. The fraction of sp³-hybridized carbons (Fsp3) is 0.480. The Balaban J connectivity index is 1.25. The second-order valence-electron chi connectivity index (χ2n) is 8.71. The van der Waals surface area contributed by atoms with Gasteiger partial charge in [0.1, 0.15) is 5.75 Å². The molecular formula is C25H31ClN2O3. The van der Waals surface area contributed by atoms with Gasteiger partial charge >= 0.3 is 6.09 Å². The molecule has 2 aliphatic heterocycles. The number of rotatable bonds is 7. The van der Waals surface area contributed by atoms with Crippen LogP contribution in [0.4, 0.5) is 4.79 Å². The van der Waals surface area contributed by atoms with Crippen LogP contribution in [0.5, 0.6) is 5.75 Å². The molecule has 1 atom stereocenters. The minimum Gasteiger partial charge on any atom is -0.497 e. The summed E-state index contributed by atoms with van der Waals surface area (Å²) in [5.41, 5.74) is 2.31. The van der Waals surface area contributed by atoms with Gasteiger partial charge in [-0.2, -0.15) is 0 Å². The molecule has 0 saturated carbocycles. The maximum Gasteiger partial charge on any atom is 0.410 e. The van der Waals surface area contributed by atoms with Crippen molar-refractivity contribution in [2.24, 2.45) is 11.8 Å². The molecule has 1 unspecified atom stereocenters. The Bertz CT molecular complexity index is 868. The SMILES string of the molecule is COc1ccc(Cl)c(CC2CCN(CC3COC(=O)N(Cc4ccccc4)C3)CC2)c1. The molecule has 4 rings (SSSR count). The number of piperidine rings is 1. The Morgan fingerprint density at radius 1 is 1.10 bits per heavy atom. The summed E-state index contributed by atoms with van der Waals surface area (Å²) in [5.74, 6) is 1.86. The van der Waals surface area contributed by atoms with Crippen molar-refractivity contribution in [3.8, 4) is 5.75 Å². The van der Waals surface area contributed by atoms with Crippen molar-refractivity contribution < 1.29 is 14.3 Å². The summed E-state index contributed by atoms with van der Waals surface area (Å²) < 4.78 is 10.8. The number of benzene rings is 2. The molecule has 0 radical (unpaired) electrons. The molecule has 2 aromatic carbocycles. The van der Waals surface area contributed by atoms with Gasteiger partial charge in [-0.1, -0.05) is 41.9 Å². The number of hydrogen-bond donors (Lipinski definition) is 0. The van der Waals surface area contributed by atoms with Gasteiger partial charge in [0.2, 0.25) is 0 Å². The van der Waals surface area contributed by atoms with Gasteiger partial charge in [0.15, 0.2) is 0 Å². The van der Waals surface area contributed by atoms with Crippen LogP contribution in [0.15, 0.2) is 48.5 Å². The predicted octanol–water partition coefficient (Wildman–Crippen LogP) is 4.87. The van der Waals surface area contributed by atoms with E-state index in [1.54, 1.807) is 7.11 Å². The number of carbonyl (C=O) groups is 1. The molecule has 5 nitrogen and oxygen atoms in total. The summed E-state index contributed by atoms with van der Waals surface area (Å²) in [5, 5.41) is 0.825. The van der Waals surface area contributed by atoms with Crippen LogP contribution in [0.1, 0.15) is 24.0 Å². The molecule has 31 heavy (non-hydrogen) atoms. The van der Waals surface area contributed by atoms with E-state index in [9.17, 15) is 4.79 Å². The Hall–Kier alpha value is -2.24. The Kier molecular flexibility index (Phi) is 7.36. The van der Waals surface area contributed by atoms with E-state index in [0.29, 0.717) is 25.0 Å². The number of likely N-dealkylation sites (tertiary alicyclic amines) is 1. The third-order valence-corrected chi connectivity index (χ3v) is 6.75. The number of amides is 1. The van der Waals surface area contributed by atoms with Crippen molar-refractivity contribution >= 4 is 17.7 Å². The second-order valence-corrected chi connectivity index (χ2v) is 9.12. The zero-order chi connectivity index (χ0) is 21.6. The summed E-state index contributed by atoms with van der Waals surface area (Å²) in [6.45, 7) is 5.02. The molecule has 2 fully saturated rings. The van der Waals surface area contributed by atoms with Crippen LogP contribution in [0.2, 0.25) is 5.02 Å². The van der Waals surface area contributed by atoms with Gasteiger partial charge in [0, 0.05) is 30.6 Å². The topological polar surface area (TPSA) is 42.0 Å². The van der Waals surface area contributed by atoms with Gasteiger partial charge in [-0.15, -0.1) is 0 Å². The number of carbonyl (C=O) groups excluding carboxylic acids is 1. The van der Waals surface area contributed by atoms with E-state index in [0.717, 1.165) is 61.8 Å². The lowest BCUT2D eigenvalue weighted by atomic mass is 9.89. The highest BCUT2D eigenvalue weighted by Gasteiger charge is 2.30. The smallest absolute Gasteiger partial charge is 0.410 e. The van der Waals surface area contributed by atoms with E-state index in [2.05, 4.69) is 23.1 Å². The van der Waals surface area contributed by atoms with Crippen molar-refractivity contribution in [3.05, 3.63) is 64.7 Å². The Labute approximate surface area is 189 Å². The molecule has 2 saturated heterocycles. The van der Waals surface area contributed by atoms with Crippen molar-refractivity contribution in [1.82, 2.24) is 9.80 Å². The first-order valence-electron chi connectivity index (χ1n) is 11.1. The molecule has 0 aliphatic carbocycles. The molecule has 2 aliphatic rings. The van der Waals surface area contributed by atoms with E-state index in [1.165, 1.54) is 5.56 Å². The van der Waals surface area contributed by atoms with Crippen LogP contribution in [0.25, 0.3) is 0 Å². The summed E-state index contributed by atoms with van der Waals surface area (Å²) in [6, 6.07) is 16.0. The highest BCUT2D eigenvalue weighted by Crippen LogP contribution is 2.29. The quantitative estimate of drug-likeness (QED) is 0.613. The molecule has 1 amide bonds. The van der Waals surface area contributed by atoms with Gasteiger partial charge in [-0.3, -0.25) is 0 Å². The molecule has 6 heteroatoms. The average Bonchev–Trinajstić information content (AvgIpc) is 2.79. The van der Waals surface area contributed by atoms with Crippen LogP contribution in [-0.2, 0) is 17.7 Å². The lowest BCUT2D eigenvalue weighted by Crippen LogP contribution is -2.47. The van der Waals surface area contributed by atoms with Gasteiger partial charge in [0.25, 0.3) is 0 Å². The van der Waals surface area contributed by atoms with Gasteiger partial charge < -0.3 is 19.3 Å². The molecular weight excluding hydrogens is 412 g/mol. The van der Waals surface area contributed by atoms with Crippen LogP contribution < -0.4 is 4.74 Å². The van der Waals surface area contributed by atoms with E-state index in [-0.39, 0.29) is 6.09 Å².